The zero-order valence-corrected chi connectivity index (χ0v) is 7.29. The molecule has 1 fully saturated rings. The molecule has 2 atom stereocenters. The summed E-state index contributed by atoms with van der Waals surface area (Å²) >= 11 is 0. The van der Waals surface area contributed by atoms with Crippen molar-refractivity contribution in [3.05, 3.63) is 0 Å². The van der Waals surface area contributed by atoms with Crippen molar-refractivity contribution in [2.75, 3.05) is 26.2 Å². The molecule has 1 aliphatic heterocycles. The summed E-state index contributed by atoms with van der Waals surface area (Å²) in [6, 6.07) is 0. The van der Waals surface area contributed by atoms with Gasteiger partial charge in [-0.1, -0.05) is 6.92 Å². The first kappa shape index (κ1) is 8.97. The SMILES string of the molecule is CCN1CCO[C@H]([C@@H](C)O)C1. The summed E-state index contributed by atoms with van der Waals surface area (Å²) in [6.45, 7) is 7.58. The molecule has 1 N–H and O–H groups in total. The Morgan fingerprint density at radius 2 is 2.45 bits per heavy atom. The minimum atomic E-state index is -0.343. The second kappa shape index (κ2) is 4.04. The Labute approximate surface area is 68.0 Å². The van der Waals surface area contributed by atoms with E-state index < -0.39 is 0 Å². The number of rotatable bonds is 2. The standard InChI is InChI=1S/C8H17NO2/c1-3-9-4-5-11-8(6-9)7(2)10/h7-8,10H,3-6H2,1-2H3/t7-,8+/m1/s1. The lowest BCUT2D eigenvalue weighted by atomic mass is 10.2. The van der Waals surface area contributed by atoms with Crippen molar-refractivity contribution in [3.8, 4) is 0 Å². The van der Waals surface area contributed by atoms with E-state index in [4.69, 9.17) is 4.74 Å². The van der Waals surface area contributed by atoms with E-state index in [1.165, 1.54) is 0 Å². The zero-order chi connectivity index (χ0) is 8.27. The lowest BCUT2D eigenvalue weighted by molar-refractivity contribution is -0.0814. The first-order chi connectivity index (χ1) is 5.24. The van der Waals surface area contributed by atoms with E-state index in [9.17, 15) is 5.11 Å². The van der Waals surface area contributed by atoms with Crippen LogP contribution in [-0.4, -0.2) is 48.5 Å². The van der Waals surface area contributed by atoms with Crippen molar-refractivity contribution in [1.29, 1.82) is 0 Å². The number of ether oxygens (including phenoxy) is 1. The van der Waals surface area contributed by atoms with Crippen LogP contribution in [0, 0.1) is 0 Å². The number of aliphatic hydroxyl groups excluding tert-OH is 1. The molecule has 3 nitrogen and oxygen atoms in total. The Hall–Kier alpha value is -0.120. The van der Waals surface area contributed by atoms with Gasteiger partial charge in [-0.2, -0.15) is 0 Å². The largest absolute Gasteiger partial charge is 0.391 e. The summed E-state index contributed by atoms with van der Waals surface area (Å²) in [5.41, 5.74) is 0. The summed E-state index contributed by atoms with van der Waals surface area (Å²) in [5.74, 6) is 0. The van der Waals surface area contributed by atoms with Gasteiger partial charge in [0.2, 0.25) is 0 Å². The van der Waals surface area contributed by atoms with Crippen LogP contribution in [0.15, 0.2) is 0 Å². The Morgan fingerprint density at radius 3 is 3.00 bits per heavy atom. The van der Waals surface area contributed by atoms with Crippen molar-refractivity contribution in [1.82, 2.24) is 4.90 Å². The third-order valence-electron chi connectivity index (χ3n) is 2.16. The van der Waals surface area contributed by atoms with Gasteiger partial charge in [-0.3, -0.25) is 4.90 Å². The normalized spacial score (nSPS) is 30.3. The molecule has 1 rings (SSSR count). The predicted molar refractivity (Wildman–Crippen MR) is 43.5 cm³/mol. The molecule has 66 valence electrons. The van der Waals surface area contributed by atoms with Crippen LogP contribution in [0.4, 0.5) is 0 Å². The first-order valence-electron chi connectivity index (χ1n) is 4.26. The Balaban J connectivity index is 2.33. The van der Waals surface area contributed by atoms with E-state index >= 15 is 0 Å². The summed E-state index contributed by atoms with van der Waals surface area (Å²) in [4.78, 5) is 2.29. The van der Waals surface area contributed by atoms with Gasteiger partial charge in [0.15, 0.2) is 0 Å². The number of nitrogens with zero attached hydrogens (tertiary/aromatic N) is 1. The smallest absolute Gasteiger partial charge is 0.0958 e. The van der Waals surface area contributed by atoms with Gasteiger partial charge in [0.1, 0.15) is 0 Å². The van der Waals surface area contributed by atoms with Crippen molar-refractivity contribution in [2.45, 2.75) is 26.1 Å². The summed E-state index contributed by atoms with van der Waals surface area (Å²) in [5, 5.41) is 9.24. The molecule has 0 spiro atoms. The molecule has 0 aliphatic carbocycles. The zero-order valence-electron chi connectivity index (χ0n) is 7.29. The summed E-state index contributed by atoms with van der Waals surface area (Å²) in [6.07, 6.45) is -0.326. The quantitative estimate of drug-likeness (QED) is 0.619. The van der Waals surface area contributed by atoms with Crippen LogP contribution >= 0.6 is 0 Å². The van der Waals surface area contributed by atoms with Gasteiger partial charge in [0.05, 0.1) is 18.8 Å². The van der Waals surface area contributed by atoms with E-state index in [0.717, 1.165) is 26.2 Å². The van der Waals surface area contributed by atoms with Crippen molar-refractivity contribution >= 4 is 0 Å². The Morgan fingerprint density at radius 1 is 1.73 bits per heavy atom. The van der Waals surface area contributed by atoms with Crippen LogP contribution in [0.1, 0.15) is 13.8 Å². The maximum atomic E-state index is 9.24. The molecule has 1 saturated heterocycles. The fraction of sp³-hybridized carbons (Fsp3) is 1.00. The second-order valence-corrected chi connectivity index (χ2v) is 3.04. The van der Waals surface area contributed by atoms with Crippen LogP contribution < -0.4 is 0 Å². The monoisotopic (exact) mass is 159 g/mol. The molecule has 1 aliphatic rings. The number of morpholine rings is 1. The molecular weight excluding hydrogens is 142 g/mol. The topological polar surface area (TPSA) is 32.7 Å². The van der Waals surface area contributed by atoms with Gasteiger partial charge in [-0.05, 0) is 13.5 Å². The van der Waals surface area contributed by atoms with Crippen molar-refractivity contribution in [2.24, 2.45) is 0 Å². The second-order valence-electron chi connectivity index (χ2n) is 3.04. The van der Waals surface area contributed by atoms with Gasteiger partial charge in [-0.15, -0.1) is 0 Å². The Kier molecular flexibility index (Phi) is 3.30. The number of hydrogen-bond donors (Lipinski definition) is 1. The average Bonchev–Trinajstić information content (AvgIpc) is 2.05. The highest BCUT2D eigenvalue weighted by atomic mass is 16.5. The molecule has 0 bridgehead atoms. The van der Waals surface area contributed by atoms with Crippen LogP contribution in [0.5, 0.6) is 0 Å². The van der Waals surface area contributed by atoms with Gasteiger partial charge in [0.25, 0.3) is 0 Å². The lowest BCUT2D eigenvalue weighted by Crippen LogP contribution is -2.46. The summed E-state index contributed by atoms with van der Waals surface area (Å²) < 4.78 is 5.38. The number of hydrogen-bond acceptors (Lipinski definition) is 3. The van der Waals surface area contributed by atoms with Crippen LogP contribution in [0.25, 0.3) is 0 Å². The molecule has 11 heavy (non-hydrogen) atoms. The molecule has 1 heterocycles. The van der Waals surface area contributed by atoms with Gasteiger partial charge in [-0.25, -0.2) is 0 Å². The highest BCUT2D eigenvalue weighted by molar-refractivity contribution is 4.74. The van der Waals surface area contributed by atoms with E-state index in [0.29, 0.717) is 0 Å². The van der Waals surface area contributed by atoms with Gasteiger partial charge in [0, 0.05) is 13.1 Å². The molecule has 3 heteroatoms. The molecule has 0 radical (unpaired) electrons. The molecule has 0 aromatic carbocycles. The third-order valence-corrected chi connectivity index (χ3v) is 2.16. The first-order valence-corrected chi connectivity index (χ1v) is 4.26. The van der Waals surface area contributed by atoms with E-state index in [-0.39, 0.29) is 12.2 Å². The van der Waals surface area contributed by atoms with E-state index in [2.05, 4.69) is 11.8 Å². The lowest BCUT2D eigenvalue weighted by Gasteiger charge is -2.33. The number of likely N-dealkylation sites (N-methyl/N-ethyl adjacent to an activating group) is 1. The molecule has 0 saturated carbocycles. The highest BCUT2D eigenvalue weighted by Gasteiger charge is 2.22. The molecule has 0 aromatic heterocycles. The van der Waals surface area contributed by atoms with E-state index in [1.54, 1.807) is 6.92 Å². The van der Waals surface area contributed by atoms with Crippen LogP contribution in [0.3, 0.4) is 0 Å². The van der Waals surface area contributed by atoms with E-state index in [1.807, 2.05) is 0 Å². The van der Waals surface area contributed by atoms with Gasteiger partial charge >= 0.3 is 0 Å². The fourth-order valence-electron chi connectivity index (χ4n) is 1.31. The number of aliphatic hydroxyl groups is 1. The predicted octanol–water partition coefficient (Wildman–Crippen LogP) is 0.0879. The van der Waals surface area contributed by atoms with Gasteiger partial charge < -0.3 is 9.84 Å². The van der Waals surface area contributed by atoms with Crippen molar-refractivity contribution in [3.63, 3.8) is 0 Å². The Bertz CT molecular complexity index is 117. The minimum Gasteiger partial charge on any atom is -0.391 e. The molecule has 0 aromatic rings. The molecule has 0 unspecified atom stereocenters. The minimum absolute atomic E-state index is 0.0173. The average molecular weight is 159 g/mol. The maximum Gasteiger partial charge on any atom is 0.0958 e. The molecular formula is C8H17NO2. The van der Waals surface area contributed by atoms with Crippen LogP contribution in [0.2, 0.25) is 0 Å². The maximum absolute atomic E-state index is 9.24. The summed E-state index contributed by atoms with van der Waals surface area (Å²) in [7, 11) is 0. The third kappa shape index (κ3) is 2.43. The fourth-order valence-corrected chi connectivity index (χ4v) is 1.31. The van der Waals surface area contributed by atoms with Crippen molar-refractivity contribution < 1.29 is 9.84 Å². The van der Waals surface area contributed by atoms with Crippen LogP contribution in [-0.2, 0) is 4.74 Å². The molecule has 0 amide bonds. The highest BCUT2D eigenvalue weighted by Crippen LogP contribution is 2.07.